The predicted octanol–water partition coefficient (Wildman–Crippen LogP) is 2.71. The monoisotopic (exact) mass is 276 g/mol. The second-order valence-corrected chi connectivity index (χ2v) is 6.77. The molecule has 1 amide bonds. The van der Waals surface area contributed by atoms with Gasteiger partial charge in [-0.1, -0.05) is 39.7 Å². The number of amides is 1. The van der Waals surface area contributed by atoms with E-state index in [2.05, 4.69) is 31.1 Å². The van der Waals surface area contributed by atoms with Crippen LogP contribution in [0.4, 0.5) is 0 Å². The zero-order valence-electron chi connectivity index (χ0n) is 12.5. The smallest absolute Gasteiger partial charge is 0.268 e. The minimum Gasteiger partial charge on any atom is -0.348 e. The maximum absolute atomic E-state index is 12.3. The molecule has 2 N–H and O–H groups in total. The Kier molecular flexibility index (Phi) is 4.31. The van der Waals surface area contributed by atoms with Crippen LogP contribution in [-0.2, 0) is 0 Å². The molecule has 1 aliphatic carbocycles. The summed E-state index contributed by atoms with van der Waals surface area (Å²) in [6.45, 7) is 6.69. The average Bonchev–Trinajstić information content (AvgIpc) is 2.38. The van der Waals surface area contributed by atoms with Crippen LogP contribution in [-0.4, -0.2) is 16.9 Å². The van der Waals surface area contributed by atoms with Crippen molar-refractivity contribution in [1.29, 1.82) is 0 Å². The van der Waals surface area contributed by atoms with Crippen molar-refractivity contribution < 1.29 is 4.79 Å². The topological polar surface area (TPSA) is 62.0 Å². The van der Waals surface area contributed by atoms with Crippen molar-refractivity contribution in [3.63, 3.8) is 0 Å². The Hall–Kier alpha value is -1.58. The van der Waals surface area contributed by atoms with E-state index in [-0.39, 0.29) is 22.9 Å². The fourth-order valence-electron chi connectivity index (χ4n) is 3.17. The highest BCUT2D eigenvalue weighted by molar-refractivity contribution is 5.92. The van der Waals surface area contributed by atoms with Crippen molar-refractivity contribution in [1.82, 2.24) is 10.3 Å². The third-order valence-corrected chi connectivity index (χ3v) is 4.21. The van der Waals surface area contributed by atoms with Crippen molar-refractivity contribution in [3.8, 4) is 0 Å². The minimum atomic E-state index is -0.242. The molecule has 4 nitrogen and oxygen atoms in total. The van der Waals surface area contributed by atoms with Crippen molar-refractivity contribution in [3.05, 3.63) is 34.2 Å². The van der Waals surface area contributed by atoms with Crippen LogP contribution in [0.1, 0.15) is 56.9 Å². The van der Waals surface area contributed by atoms with Crippen molar-refractivity contribution >= 4 is 5.91 Å². The molecule has 20 heavy (non-hydrogen) atoms. The SMILES string of the molecule is CC(C)(C)C1CCCCC1NC(=O)c1cccc(=O)[nH]1. The molecule has 1 saturated carbocycles. The van der Waals surface area contributed by atoms with E-state index in [1.807, 2.05) is 0 Å². The van der Waals surface area contributed by atoms with E-state index in [0.717, 1.165) is 19.3 Å². The molecule has 1 fully saturated rings. The first-order valence-corrected chi connectivity index (χ1v) is 7.38. The van der Waals surface area contributed by atoms with E-state index in [0.29, 0.717) is 11.6 Å². The zero-order chi connectivity index (χ0) is 14.8. The number of pyridine rings is 1. The number of hydrogen-bond donors (Lipinski definition) is 2. The molecule has 0 aromatic carbocycles. The van der Waals surface area contributed by atoms with Gasteiger partial charge in [0, 0.05) is 12.1 Å². The Morgan fingerprint density at radius 3 is 2.60 bits per heavy atom. The highest BCUT2D eigenvalue weighted by atomic mass is 16.2. The highest BCUT2D eigenvalue weighted by Crippen LogP contribution is 2.38. The van der Waals surface area contributed by atoms with E-state index in [1.54, 1.807) is 12.1 Å². The summed E-state index contributed by atoms with van der Waals surface area (Å²) in [4.78, 5) is 26.1. The Bertz CT molecular complexity index is 528. The maximum atomic E-state index is 12.3. The van der Waals surface area contributed by atoms with Gasteiger partial charge in [-0.25, -0.2) is 0 Å². The largest absolute Gasteiger partial charge is 0.348 e. The first-order valence-electron chi connectivity index (χ1n) is 7.38. The Labute approximate surface area is 120 Å². The van der Waals surface area contributed by atoms with Gasteiger partial charge in [-0.05, 0) is 30.2 Å². The summed E-state index contributed by atoms with van der Waals surface area (Å²) in [6.07, 6.45) is 4.56. The van der Waals surface area contributed by atoms with Gasteiger partial charge in [0.2, 0.25) is 5.56 Å². The maximum Gasteiger partial charge on any atom is 0.268 e. The van der Waals surface area contributed by atoms with Crippen LogP contribution in [0.2, 0.25) is 0 Å². The lowest BCUT2D eigenvalue weighted by Gasteiger charge is -2.40. The van der Waals surface area contributed by atoms with E-state index in [1.165, 1.54) is 12.5 Å². The summed E-state index contributed by atoms with van der Waals surface area (Å²) in [5, 5.41) is 3.11. The number of nitrogens with one attached hydrogen (secondary N) is 2. The molecule has 110 valence electrons. The molecular formula is C16H24N2O2. The van der Waals surface area contributed by atoms with Gasteiger partial charge >= 0.3 is 0 Å². The van der Waals surface area contributed by atoms with E-state index in [9.17, 15) is 9.59 Å². The molecule has 0 radical (unpaired) electrons. The molecule has 0 bridgehead atoms. The second-order valence-electron chi connectivity index (χ2n) is 6.77. The molecule has 0 saturated heterocycles. The Morgan fingerprint density at radius 2 is 1.95 bits per heavy atom. The van der Waals surface area contributed by atoms with Crippen LogP contribution in [0.3, 0.4) is 0 Å². The zero-order valence-corrected chi connectivity index (χ0v) is 12.5. The molecule has 0 spiro atoms. The van der Waals surface area contributed by atoms with E-state index >= 15 is 0 Å². The van der Waals surface area contributed by atoms with Crippen LogP contribution in [0, 0.1) is 11.3 Å². The van der Waals surface area contributed by atoms with Crippen molar-refractivity contribution in [2.45, 2.75) is 52.5 Å². The second kappa shape index (κ2) is 5.81. The summed E-state index contributed by atoms with van der Waals surface area (Å²) in [6, 6.07) is 4.86. The lowest BCUT2D eigenvalue weighted by atomic mass is 9.69. The molecule has 2 atom stereocenters. The van der Waals surface area contributed by atoms with E-state index < -0.39 is 0 Å². The minimum absolute atomic E-state index is 0.177. The van der Waals surface area contributed by atoms with Crippen LogP contribution in [0.15, 0.2) is 23.0 Å². The molecule has 2 rings (SSSR count). The summed E-state index contributed by atoms with van der Waals surface area (Å²) in [5.41, 5.74) is 0.284. The number of rotatable bonds is 2. The van der Waals surface area contributed by atoms with Crippen LogP contribution in [0.5, 0.6) is 0 Å². The predicted molar refractivity (Wildman–Crippen MR) is 79.7 cm³/mol. The number of hydrogen-bond acceptors (Lipinski definition) is 2. The molecular weight excluding hydrogens is 252 g/mol. The van der Waals surface area contributed by atoms with Crippen molar-refractivity contribution in [2.24, 2.45) is 11.3 Å². The van der Waals surface area contributed by atoms with Gasteiger partial charge in [0.15, 0.2) is 0 Å². The normalized spacial score (nSPS) is 23.4. The molecule has 1 heterocycles. The van der Waals surface area contributed by atoms with Gasteiger partial charge < -0.3 is 10.3 Å². The summed E-state index contributed by atoms with van der Waals surface area (Å²) >= 11 is 0. The lowest BCUT2D eigenvalue weighted by Crippen LogP contribution is -2.47. The molecule has 1 aromatic rings. The quantitative estimate of drug-likeness (QED) is 0.872. The molecule has 4 heteroatoms. The molecule has 0 aliphatic heterocycles. The number of carbonyl (C=O) groups is 1. The van der Waals surface area contributed by atoms with Gasteiger partial charge in [-0.15, -0.1) is 0 Å². The van der Waals surface area contributed by atoms with Gasteiger partial charge in [-0.3, -0.25) is 9.59 Å². The van der Waals surface area contributed by atoms with E-state index in [4.69, 9.17) is 0 Å². The number of aromatic nitrogens is 1. The van der Waals surface area contributed by atoms with Crippen LogP contribution >= 0.6 is 0 Å². The fourth-order valence-corrected chi connectivity index (χ4v) is 3.17. The van der Waals surface area contributed by atoms with Crippen molar-refractivity contribution in [2.75, 3.05) is 0 Å². The number of H-pyrrole nitrogens is 1. The highest BCUT2D eigenvalue weighted by Gasteiger charge is 2.35. The molecule has 1 aliphatic rings. The number of aromatic amines is 1. The number of carbonyl (C=O) groups excluding carboxylic acids is 1. The van der Waals surface area contributed by atoms with Gasteiger partial charge in [0.1, 0.15) is 5.69 Å². The molecule has 2 unspecified atom stereocenters. The Balaban J connectivity index is 2.11. The summed E-state index contributed by atoms with van der Waals surface area (Å²) in [7, 11) is 0. The fraction of sp³-hybridized carbons (Fsp3) is 0.625. The third-order valence-electron chi connectivity index (χ3n) is 4.21. The summed E-state index contributed by atoms with van der Waals surface area (Å²) < 4.78 is 0. The first kappa shape index (κ1) is 14.8. The lowest BCUT2D eigenvalue weighted by molar-refractivity contribution is 0.0825. The van der Waals surface area contributed by atoms with Gasteiger partial charge in [0.05, 0.1) is 0 Å². The Morgan fingerprint density at radius 1 is 1.25 bits per heavy atom. The standard InChI is InChI=1S/C16H24N2O2/c1-16(2,3)11-7-4-5-8-12(11)18-15(20)13-9-6-10-14(19)17-13/h6,9-12H,4-5,7-8H2,1-3H3,(H,17,19)(H,18,20). The first-order chi connectivity index (χ1) is 9.38. The van der Waals surface area contributed by atoms with Gasteiger partial charge in [0.25, 0.3) is 5.91 Å². The molecule has 1 aromatic heterocycles. The van der Waals surface area contributed by atoms with Crippen LogP contribution < -0.4 is 10.9 Å². The average molecular weight is 276 g/mol. The summed E-state index contributed by atoms with van der Waals surface area (Å²) in [5.74, 6) is 0.305. The van der Waals surface area contributed by atoms with Crippen LogP contribution in [0.25, 0.3) is 0 Å². The van der Waals surface area contributed by atoms with Gasteiger partial charge in [-0.2, -0.15) is 0 Å². The third kappa shape index (κ3) is 3.50.